The maximum Gasteiger partial charge on any atom is 0.227 e. The average molecular weight is 468 g/mol. The third-order valence-corrected chi connectivity index (χ3v) is 7.02. The normalized spacial score (nSPS) is 22.2. The Labute approximate surface area is 206 Å². The second-order valence-electron chi connectivity index (χ2n) is 9.14. The van der Waals surface area contributed by atoms with Crippen LogP contribution in [0.5, 0.6) is 5.88 Å². The molecule has 1 saturated heterocycles. The maximum absolute atomic E-state index is 11.2. The third kappa shape index (κ3) is 4.85. The highest BCUT2D eigenvalue weighted by Crippen LogP contribution is 2.37. The van der Waals surface area contributed by atoms with Gasteiger partial charge in [0.25, 0.3) is 0 Å². The van der Waals surface area contributed by atoms with Gasteiger partial charge in [-0.3, -0.25) is 0 Å². The first-order chi connectivity index (χ1) is 17.1. The molecule has 0 radical (unpaired) electrons. The van der Waals surface area contributed by atoms with Crippen molar-refractivity contribution in [2.75, 3.05) is 26.7 Å². The molecule has 0 amide bonds. The molecule has 178 valence electrons. The average Bonchev–Trinajstić information content (AvgIpc) is 3.06. The van der Waals surface area contributed by atoms with Crippen molar-refractivity contribution in [3.8, 4) is 11.9 Å². The zero-order valence-corrected chi connectivity index (χ0v) is 19.9. The van der Waals surface area contributed by atoms with Crippen molar-refractivity contribution in [2.24, 2.45) is 0 Å². The summed E-state index contributed by atoms with van der Waals surface area (Å²) in [5.74, 6) is 1.37. The van der Waals surface area contributed by atoms with E-state index in [1.165, 1.54) is 0 Å². The van der Waals surface area contributed by atoms with Gasteiger partial charge in [-0.1, -0.05) is 30.4 Å². The minimum Gasteiger partial charge on any atom is -0.438 e. The summed E-state index contributed by atoms with van der Waals surface area (Å²) in [5, 5.41) is 20.2. The zero-order valence-electron chi connectivity index (χ0n) is 19.9. The number of nitrogens with zero attached hydrogens (tertiary/aromatic N) is 3. The van der Waals surface area contributed by atoms with Gasteiger partial charge in [0.15, 0.2) is 0 Å². The fraction of sp³-hybridized carbons (Fsp3) is 0.310. The summed E-state index contributed by atoms with van der Waals surface area (Å²) in [7, 11) is 1.70. The molecular formula is C29H29N3O3. The highest BCUT2D eigenvalue weighted by atomic mass is 16.5. The minimum absolute atomic E-state index is 0.158. The molecule has 1 atom stereocenters. The Morgan fingerprint density at radius 1 is 1.26 bits per heavy atom. The molecule has 3 aliphatic rings. The number of allylic oxidation sites excluding steroid dienone is 4. The Morgan fingerprint density at radius 2 is 2.06 bits per heavy atom. The fourth-order valence-electron chi connectivity index (χ4n) is 4.94. The maximum atomic E-state index is 11.2. The molecule has 2 aliphatic heterocycles. The summed E-state index contributed by atoms with van der Waals surface area (Å²) in [6.45, 7) is 2.56. The molecule has 1 unspecified atom stereocenters. The first-order valence-electron chi connectivity index (χ1n) is 12.0. The van der Waals surface area contributed by atoms with Crippen molar-refractivity contribution in [3.05, 3.63) is 101 Å². The molecule has 1 aliphatic carbocycles. The number of benzene rings is 1. The van der Waals surface area contributed by atoms with E-state index in [1.807, 2.05) is 42.5 Å². The van der Waals surface area contributed by atoms with Crippen molar-refractivity contribution < 1.29 is 14.6 Å². The molecule has 2 aromatic rings. The summed E-state index contributed by atoms with van der Waals surface area (Å²) in [6, 6.07) is 13.4. The summed E-state index contributed by atoms with van der Waals surface area (Å²) >= 11 is 0. The summed E-state index contributed by atoms with van der Waals surface area (Å²) in [6.07, 6.45) is 14.1. The van der Waals surface area contributed by atoms with Crippen LogP contribution < -0.4 is 4.74 Å². The van der Waals surface area contributed by atoms with Crippen LogP contribution >= 0.6 is 0 Å². The second-order valence-corrected chi connectivity index (χ2v) is 9.14. The van der Waals surface area contributed by atoms with E-state index in [4.69, 9.17) is 14.7 Å². The highest BCUT2D eigenvalue weighted by Gasteiger charge is 2.33. The van der Waals surface area contributed by atoms with Crippen molar-refractivity contribution in [2.45, 2.75) is 31.0 Å². The minimum atomic E-state index is -0.830. The lowest BCUT2D eigenvalue weighted by atomic mass is 9.84. The number of methoxy groups -OCH3 is 1. The van der Waals surface area contributed by atoms with Gasteiger partial charge in [0.05, 0.1) is 17.2 Å². The van der Waals surface area contributed by atoms with Crippen LogP contribution in [0, 0.1) is 11.3 Å². The van der Waals surface area contributed by atoms with Crippen molar-refractivity contribution in [1.82, 2.24) is 9.88 Å². The first-order valence-corrected chi connectivity index (χ1v) is 12.0. The summed E-state index contributed by atoms with van der Waals surface area (Å²) < 4.78 is 11.8. The smallest absolute Gasteiger partial charge is 0.227 e. The largest absolute Gasteiger partial charge is 0.438 e. The van der Waals surface area contributed by atoms with E-state index in [0.717, 1.165) is 54.1 Å². The van der Waals surface area contributed by atoms with Gasteiger partial charge in [0.1, 0.15) is 11.9 Å². The van der Waals surface area contributed by atoms with Gasteiger partial charge in [0, 0.05) is 44.1 Å². The number of pyridine rings is 1. The second kappa shape index (κ2) is 10.0. The molecule has 0 bridgehead atoms. The Hall–Kier alpha value is -3.50. The standard InChI is InChI=1S/C29H29N3O3/c1-34-26-7-2-8-27-25(26)19-22(24-6-3-15-31-28(24)35-27)5-4-16-32-17-13-29(33,14-18-32)23-11-9-21(20-30)10-12-23/h2-3,5-12,15,19,26,33H,4,13-14,16-18H2,1H3. The third-order valence-electron chi connectivity index (χ3n) is 7.02. The number of ether oxygens (including phenoxy) is 2. The number of piperidine rings is 1. The molecule has 35 heavy (non-hydrogen) atoms. The van der Waals surface area contributed by atoms with E-state index in [-0.39, 0.29) is 6.10 Å². The van der Waals surface area contributed by atoms with Crippen LogP contribution in [-0.2, 0) is 10.3 Å². The number of aliphatic hydroxyl groups is 1. The molecular weight excluding hydrogens is 438 g/mol. The van der Waals surface area contributed by atoms with E-state index in [1.54, 1.807) is 25.4 Å². The SMILES string of the molecule is COC1C=CC=C2Oc3ncccc3C(=CCCN3CCC(O)(c4ccc(C#N)cc4)CC3)C=C21. The zero-order chi connectivity index (χ0) is 24.3. The Bertz CT molecular complexity index is 1240. The molecule has 1 fully saturated rings. The van der Waals surface area contributed by atoms with Crippen LogP contribution in [0.1, 0.15) is 36.0 Å². The van der Waals surface area contributed by atoms with Crippen LogP contribution in [0.25, 0.3) is 5.57 Å². The first kappa shape index (κ1) is 23.3. The topological polar surface area (TPSA) is 78.6 Å². The summed E-state index contributed by atoms with van der Waals surface area (Å²) in [4.78, 5) is 6.86. The van der Waals surface area contributed by atoms with E-state index in [2.05, 4.69) is 28.1 Å². The van der Waals surface area contributed by atoms with Gasteiger partial charge in [-0.2, -0.15) is 5.26 Å². The number of hydrogen-bond donors (Lipinski definition) is 1. The Morgan fingerprint density at radius 3 is 2.80 bits per heavy atom. The van der Waals surface area contributed by atoms with Gasteiger partial charge >= 0.3 is 0 Å². The lowest BCUT2D eigenvalue weighted by Gasteiger charge is -2.38. The van der Waals surface area contributed by atoms with Crippen molar-refractivity contribution in [3.63, 3.8) is 0 Å². The van der Waals surface area contributed by atoms with Crippen molar-refractivity contribution in [1.29, 1.82) is 5.26 Å². The van der Waals surface area contributed by atoms with E-state index < -0.39 is 5.60 Å². The van der Waals surface area contributed by atoms with Crippen LogP contribution in [-0.4, -0.2) is 47.8 Å². The predicted molar refractivity (Wildman–Crippen MR) is 134 cm³/mol. The molecule has 6 heteroatoms. The number of fused-ring (bicyclic) bond motifs is 2. The van der Waals surface area contributed by atoms with Gasteiger partial charge < -0.3 is 19.5 Å². The van der Waals surface area contributed by atoms with Crippen molar-refractivity contribution >= 4 is 5.57 Å². The number of likely N-dealkylation sites (tertiary alicyclic amines) is 1. The predicted octanol–water partition coefficient (Wildman–Crippen LogP) is 4.50. The van der Waals surface area contributed by atoms with Crippen LogP contribution in [0.4, 0.5) is 0 Å². The van der Waals surface area contributed by atoms with Gasteiger partial charge in [-0.15, -0.1) is 0 Å². The van der Waals surface area contributed by atoms with Crippen LogP contribution in [0.2, 0.25) is 0 Å². The lowest BCUT2D eigenvalue weighted by molar-refractivity contribution is -0.0254. The molecule has 1 aromatic heterocycles. The molecule has 0 spiro atoms. The Kier molecular flexibility index (Phi) is 6.65. The fourth-order valence-corrected chi connectivity index (χ4v) is 4.94. The highest BCUT2D eigenvalue weighted by molar-refractivity contribution is 5.80. The molecule has 1 N–H and O–H groups in total. The van der Waals surface area contributed by atoms with Crippen LogP contribution in [0.3, 0.4) is 0 Å². The molecule has 3 heterocycles. The van der Waals surface area contributed by atoms with Gasteiger partial charge in [-0.05, 0) is 66.8 Å². The number of aromatic nitrogens is 1. The number of rotatable bonds is 5. The van der Waals surface area contributed by atoms with Gasteiger partial charge in [0.2, 0.25) is 5.88 Å². The molecule has 0 saturated carbocycles. The molecule has 6 nitrogen and oxygen atoms in total. The van der Waals surface area contributed by atoms with E-state index >= 15 is 0 Å². The Balaban J connectivity index is 1.28. The van der Waals surface area contributed by atoms with E-state index in [0.29, 0.717) is 24.3 Å². The van der Waals surface area contributed by atoms with Crippen LogP contribution in [0.15, 0.2) is 84.3 Å². The monoisotopic (exact) mass is 467 g/mol. The quantitative estimate of drug-likeness (QED) is 0.698. The summed E-state index contributed by atoms with van der Waals surface area (Å²) in [5.41, 5.74) is 3.72. The number of nitriles is 1. The van der Waals surface area contributed by atoms with Gasteiger partial charge in [-0.25, -0.2) is 4.98 Å². The molecule has 1 aromatic carbocycles. The molecule has 5 rings (SSSR count). The number of hydrogen-bond acceptors (Lipinski definition) is 6. The van der Waals surface area contributed by atoms with E-state index in [9.17, 15) is 5.11 Å². The lowest BCUT2D eigenvalue weighted by Crippen LogP contribution is -2.42.